The predicted molar refractivity (Wildman–Crippen MR) is 83.2 cm³/mol. The zero-order valence-corrected chi connectivity index (χ0v) is 12.9. The highest BCUT2D eigenvalue weighted by Gasteiger charge is 2.18. The Bertz CT molecular complexity index is 260. The summed E-state index contributed by atoms with van der Waals surface area (Å²) in [5.41, 5.74) is 1.53. The van der Waals surface area contributed by atoms with Crippen LogP contribution in [0.25, 0.3) is 0 Å². The van der Waals surface area contributed by atoms with E-state index in [1.807, 2.05) is 27.7 Å². The van der Waals surface area contributed by atoms with E-state index in [0.29, 0.717) is 0 Å². The van der Waals surface area contributed by atoms with Crippen LogP contribution in [0.2, 0.25) is 0 Å². The highest BCUT2D eigenvalue weighted by Crippen LogP contribution is 2.27. The van der Waals surface area contributed by atoms with Gasteiger partial charge in [0.1, 0.15) is 0 Å². The molecule has 1 heterocycles. The molecule has 0 radical (unpaired) electrons. The van der Waals surface area contributed by atoms with Gasteiger partial charge in [-0.3, -0.25) is 0 Å². The smallest absolute Gasteiger partial charge is 0.00130 e. The molecule has 1 aliphatic heterocycles. The monoisotopic (exact) mass is 249 g/mol. The Morgan fingerprint density at radius 1 is 0.944 bits per heavy atom. The van der Waals surface area contributed by atoms with Crippen molar-refractivity contribution in [2.45, 2.75) is 53.4 Å². The molecule has 0 N–H and O–H groups in total. The van der Waals surface area contributed by atoms with Crippen LogP contribution in [0.3, 0.4) is 0 Å². The standard InChI is InChI=1S/C13H19N.2C2H6/c1-2-14-10-8-13(9-11-14)12-6-4-3-5-7-12;2*1-2/h3-7,13H,2,8-11H2,1H3;2*1-2H3. The lowest BCUT2D eigenvalue weighted by atomic mass is 9.89. The normalized spacial score (nSPS) is 16.1. The molecule has 18 heavy (non-hydrogen) atoms. The highest BCUT2D eigenvalue weighted by molar-refractivity contribution is 5.19. The van der Waals surface area contributed by atoms with E-state index in [1.54, 1.807) is 0 Å². The van der Waals surface area contributed by atoms with Gasteiger partial charge in [0.05, 0.1) is 0 Å². The third-order valence-corrected chi connectivity index (χ3v) is 3.31. The Morgan fingerprint density at radius 2 is 1.44 bits per heavy atom. The van der Waals surface area contributed by atoms with Gasteiger partial charge in [0.25, 0.3) is 0 Å². The summed E-state index contributed by atoms with van der Waals surface area (Å²) in [4.78, 5) is 2.54. The zero-order valence-electron chi connectivity index (χ0n) is 12.9. The first-order valence-electron chi connectivity index (χ1n) is 7.67. The fourth-order valence-electron chi connectivity index (χ4n) is 2.31. The van der Waals surface area contributed by atoms with Gasteiger partial charge in [-0.2, -0.15) is 0 Å². The Labute approximate surface area is 114 Å². The van der Waals surface area contributed by atoms with E-state index < -0.39 is 0 Å². The minimum atomic E-state index is 0.805. The maximum atomic E-state index is 2.54. The van der Waals surface area contributed by atoms with Gasteiger partial charge in [-0.1, -0.05) is 65.0 Å². The maximum absolute atomic E-state index is 2.54. The topological polar surface area (TPSA) is 3.24 Å². The van der Waals surface area contributed by atoms with Crippen LogP contribution in [-0.2, 0) is 0 Å². The zero-order chi connectivity index (χ0) is 13.8. The fourth-order valence-corrected chi connectivity index (χ4v) is 2.31. The lowest BCUT2D eigenvalue weighted by molar-refractivity contribution is 0.222. The van der Waals surface area contributed by atoms with E-state index in [2.05, 4.69) is 42.2 Å². The Hall–Kier alpha value is -0.820. The summed E-state index contributed by atoms with van der Waals surface area (Å²) in [6.07, 6.45) is 2.66. The van der Waals surface area contributed by atoms with Crippen LogP contribution < -0.4 is 0 Å². The summed E-state index contributed by atoms with van der Waals surface area (Å²) in [6, 6.07) is 11.0. The van der Waals surface area contributed by atoms with Crippen molar-refractivity contribution >= 4 is 0 Å². The molecule has 0 aliphatic carbocycles. The average molecular weight is 249 g/mol. The van der Waals surface area contributed by atoms with Crippen LogP contribution in [0.1, 0.15) is 58.9 Å². The number of hydrogen-bond donors (Lipinski definition) is 0. The third-order valence-electron chi connectivity index (χ3n) is 3.31. The van der Waals surface area contributed by atoms with E-state index in [0.717, 1.165) is 5.92 Å². The van der Waals surface area contributed by atoms with Crippen LogP contribution >= 0.6 is 0 Å². The van der Waals surface area contributed by atoms with E-state index in [9.17, 15) is 0 Å². The molecule has 1 aliphatic rings. The summed E-state index contributed by atoms with van der Waals surface area (Å²) < 4.78 is 0. The van der Waals surface area contributed by atoms with Gasteiger partial charge in [0, 0.05) is 0 Å². The number of nitrogens with zero attached hydrogens (tertiary/aromatic N) is 1. The first kappa shape index (κ1) is 17.2. The molecule has 0 atom stereocenters. The predicted octanol–water partition coefficient (Wildman–Crippen LogP) is 4.94. The molecule has 2 rings (SSSR count). The quantitative estimate of drug-likeness (QED) is 0.717. The van der Waals surface area contributed by atoms with E-state index >= 15 is 0 Å². The van der Waals surface area contributed by atoms with Crippen molar-refractivity contribution in [1.29, 1.82) is 0 Å². The van der Waals surface area contributed by atoms with Crippen molar-refractivity contribution in [1.82, 2.24) is 4.90 Å². The second kappa shape index (κ2) is 11.3. The van der Waals surface area contributed by atoms with Gasteiger partial charge in [-0.05, 0) is 44.0 Å². The molecule has 1 aromatic carbocycles. The Balaban J connectivity index is 0.000000659. The molecule has 1 fully saturated rings. The Morgan fingerprint density at radius 3 is 1.89 bits per heavy atom. The van der Waals surface area contributed by atoms with Crippen molar-refractivity contribution < 1.29 is 0 Å². The average Bonchev–Trinajstić information content (AvgIpc) is 2.52. The SMILES string of the molecule is CC.CC.CCN1CCC(c2ccccc2)CC1. The third kappa shape index (κ3) is 5.68. The molecule has 0 unspecified atom stereocenters. The maximum Gasteiger partial charge on any atom is -0.00130 e. The molecular formula is C17H31N. The second-order valence-electron chi connectivity index (χ2n) is 4.12. The van der Waals surface area contributed by atoms with Crippen LogP contribution in [0.4, 0.5) is 0 Å². The molecule has 1 nitrogen and oxygen atoms in total. The van der Waals surface area contributed by atoms with E-state index in [-0.39, 0.29) is 0 Å². The minimum absolute atomic E-state index is 0.805. The number of likely N-dealkylation sites (tertiary alicyclic amines) is 1. The summed E-state index contributed by atoms with van der Waals surface area (Å²) in [6.45, 7) is 14.0. The van der Waals surface area contributed by atoms with Gasteiger partial charge in [0.15, 0.2) is 0 Å². The molecule has 1 aromatic rings. The van der Waals surface area contributed by atoms with E-state index in [4.69, 9.17) is 0 Å². The van der Waals surface area contributed by atoms with Crippen LogP contribution in [0, 0.1) is 0 Å². The van der Waals surface area contributed by atoms with Crippen LogP contribution in [0.5, 0.6) is 0 Å². The molecule has 0 bridgehead atoms. The van der Waals surface area contributed by atoms with Gasteiger partial charge < -0.3 is 4.90 Å². The summed E-state index contributed by atoms with van der Waals surface area (Å²) in [5.74, 6) is 0.805. The summed E-state index contributed by atoms with van der Waals surface area (Å²) in [5, 5.41) is 0. The lowest BCUT2D eigenvalue weighted by Crippen LogP contribution is -2.32. The van der Waals surface area contributed by atoms with Crippen molar-refractivity contribution in [3.05, 3.63) is 35.9 Å². The fraction of sp³-hybridized carbons (Fsp3) is 0.647. The summed E-state index contributed by atoms with van der Waals surface area (Å²) >= 11 is 0. The minimum Gasteiger partial charge on any atom is -0.304 e. The molecule has 0 aromatic heterocycles. The van der Waals surface area contributed by atoms with E-state index in [1.165, 1.54) is 38.0 Å². The number of hydrogen-bond acceptors (Lipinski definition) is 1. The van der Waals surface area contributed by atoms with Gasteiger partial charge in [-0.25, -0.2) is 0 Å². The van der Waals surface area contributed by atoms with Crippen molar-refractivity contribution in [2.24, 2.45) is 0 Å². The van der Waals surface area contributed by atoms with Crippen molar-refractivity contribution in [3.63, 3.8) is 0 Å². The first-order chi connectivity index (χ1) is 8.90. The Kier molecular flexibility index (Phi) is 10.8. The molecule has 1 saturated heterocycles. The number of rotatable bonds is 2. The van der Waals surface area contributed by atoms with Crippen molar-refractivity contribution in [3.8, 4) is 0 Å². The van der Waals surface area contributed by atoms with Gasteiger partial charge in [-0.15, -0.1) is 0 Å². The molecule has 0 amide bonds. The number of piperidine rings is 1. The highest BCUT2D eigenvalue weighted by atomic mass is 15.1. The van der Waals surface area contributed by atoms with Crippen LogP contribution in [0.15, 0.2) is 30.3 Å². The molecule has 0 spiro atoms. The summed E-state index contributed by atoms with van der Waals surface area (Å²) in [7, 11) is 0. The van der Waals surface area contributed by atoms with Gasteiger partial charge in [0.2, 0.25) is 0 Å². The molecule has 104 valence electrons. The second-order valence-corrected chi connectivity index (χ2v) is 4.12. The molecular weight excluding hydrogens is 218 g/mol. The lowest BCUT2D eigenvalue weighted by Gasteiger charge is -2.31. The largest absolute Gasteiger partial charge is 0.304 e. The molecule has 0 saturated carbocycles. The molecule has 1 heteroatoms. The van der Waals surface area contributed by atoms with Gasteiger partial charge >= 0.3 is 0 Å². The first-order valence-corrected chi connectivity index (χ1v) is 7.67. The van der Waals surface area contributed by atoms with Crippen LogP contribution in [-0.4, -0.2) is 24.5 Å². The number of benzene rings is 1. The van der Waals surface area contributed by atoms with Crippen molar-refractivity contribution in [2.75, 3.05) is 19.6 Å².